The van der Waals surface area contributed by atoms with Gasteiger partial charge < -0.3 is 108 Å². The molecule has 5 aromatic heterocycles. The Kier molecular flexibility index (Phi) is 34.7. The third-order valence-electron chi connectivity index (χ3n) is 24.3. The number of methoxy groups -OCH3 is 1. The predicted molar refractivity (Wildman–Crippen MR) is 529 cm³/mol. The van der Waals surface area contributed by atoms with Crippen molar-refractivity contribution in [2.45, 2.75) is 163 Å². The Bertz CT molecular complexity index is 6480. The van der Waals surface area contributed by atoms with Crippen LogP contribution in [0.4, 0.5) is 44.0 Å². The number of aromatic nitrogens is 10. The Labute approximate surface area is 827 Å². The fourth-order valence-corrected chi connectivity index (χ4v) is 17.6. The summed E-state index contributed by atoms with van der Waals surface area (Å²) in [5, 5.41) is 49.8. The van der Waals surface area contributed by atoms with E-state index in [1.54, 1.807) is 155 Å². The van der Waals surface area contributed by atoms with Gasteiger partial charge in [0.15, 0.2) is 17.9 Å². The number of carboxylic acids is 1. The van der Waals surface area contributed by atoms with Gasteiger partial charge in [0.25, 0.3) is 23.6 Å². The van der Waals surface area contributed by atoms with E-state index in [4.69, 9.17) is 69.7 Å². The molecule has 0 spiro atoms. The van der Waals surface area contributed by atoms with E-state index in [2.05, 4.69) is 83.5 Å². The second-order valence-corrected chi connectivity index (χ2v) is 35.5. The van der Waals surface area contributed by atoms with Crippen molar-refractivity contribution in [3.63, 3.8) is 0 Å². The van der Waals surface area contributed by atoms with Gasteiger partial charge in [-0.1, -0.05) is 85.6 Å². The third kappa shape index (κ3) is 25.8. The van der Waals surface area contributed by atoms with Crippen LogP contribution in [0.5, 0.6) is 11.5 Å². The minimum absolute atomic E-state index is 0.0152. The third-order valence-corrected chi connectivity index (χ3v) is 25.1. The molecule has 8 heterocycles. The van der Waals surface area contributed by atoms with Gasteiger partial charge in [0.1, 0.15) is 52.8 Å². The van der Waals surface area contributed by atoms with Crippen LogP contribution in [0.15, 0.2) is 109 Å². The number of nitrogens with zero attached hydrogens (tertiary/aromatic N) is 13. The van der Waals surface area contributed by atoms with Crippen LogP contribution in [-0.4, -0.2) is 225 Å². The maximum atomic E-state index is 14.2. The largest absolute Gasteiger partial charge is 0.494 e. The number of carbonyl (C=O) groups is 13. The van der Waals surface area contributed by atoms with E-state index >= 15 is 0 Å². The van der Waals surface area contributed by atoms with Crippen molar-refractivity contribution in [3.05, 3.63) is 193 Å². The molecular formula is C96H117Cl2N27O17. The van der Waals surface area contributed by atoms with Gasteiger partial charge in [-0.25, -0.2) is 24.5 Å². The Morgan fingerprint density at radius 1 is 0.606 bits per heavy atom. The van der Waals surface area contributed by atoms with Crippen LogP contribution in [0.3, 0.4) is 0 Å². The molecule has 0 saturated carbocycles. The number of aryl methyl sites for hydroxylation is 4. The number of carboxylic acid groups (broad SMARTS) is 1. The lowest BCUT2D eigenvalue weighted by Gasteiger charge is -2.27. The highest BCUT2D eigenvalue weighted by Crippen LogP contribution is 2.45. The van der Waals surface area contributed by atoms with Crippen LogP contribution in [0.2, 0.25) is 10.0 Å². The van der Waals surface area contributed by atoms with Crippen molar-refractivity contribution in [3.8, 4) is 22.6 Å². The summed E-state index contributed by atoms with van der Waals surface area (Å²) in [6.45, 7) is 15.0. The first-order valence-corrected chi connectivity index (χ1v) is 47.3. The van der Waals surface area contributed by atoms with Gasteiger partial charge in [-0.3, -0.25) is 77.2 Å². The molecule has 3 aliphatic heterocycles. The minimum atomic E-state index is -1.15. The number of nitrogens with two attached hydrogens (primary N) is 3. The highest BCUT2D eigenvalue weighted by Gasteiger charge is 2.37. The summed E-state index contributed by atoms with van der Waals surface area (Å²) in [6, 6.07) is 23.0. The summed E-state index contributed by atoms with van der Waals surface area (Å²) in [6.07, 6.45) is 4.50. The molecule has 3 aliphatic rings. The number of aliphatic carboxylic acids is 1. The van der Waals surface area contributed by atoms with Crippen molar-refractivity contribution in [1.82, 2.24) is 89.9 Å². The van der Waals surface area contributed by atoms with Gasteiger partial charge >= 0.3 is 18.1 Å². The number of hydrogen-bond donors (Lipinski definition) is 15. The topological polar surface area (TPSA) is 579 Å². The average Bonchev–Trinajstić information content (AvgIpc) is 1.58. The van der Waals surface area contributed by atoms with E-state index in [0.29, 0.717) is 157 Å². The normalized spacial score (nSPS) is 13.8. The van der Waals surface area contributed by atoms with Gasteiger partial charge in [-0.05, 0) is 145 Å². The van der Waals surface area contributed by atoms with Crippen LogP contribution < -0.4 is 90.1 Å². The molecule has 44 nitrogen and oxygen atoms in total. The van der Waals surface area contributed by atoms with Crippen LogP contribution in [0.1, 0.15) is 182 Å². The molecule has 0 radical (unpaired) electrons. The molecule has 0 fully saturated rings. The highest BCUT2D eigenvalue weighted by atomic mass is 35.5. The fraction of sp³-hybridized carbons (Fsp3) is 0.396. The maximum absolute atomic E-state index is 14.2. The van der Waals surface area contributed by atoms with Gasteiger partial charge in [0.2, 0.25) is 41.4 Å². The van der Waals surface area contributed by atoms with Crippen molar-refractivity contribution in [2.24, 2.45) is 37.2 Å². The number of anilines is 6. The maximum Gasteiger partial charge on any atom is 0.407 e. The summed E-state index contributed by atoms with van der Waals surface area (Å²) < 4.78 is 25.9. The minimum Gasteiger partial charge on any atom is -0.494 e. The first kappa shape index (κ1) is 104. The zero-order chi connectivity index (χ0) is 102. The van der Waals surface area contributed by atoms with Gasteiger partial charge in [-0.15, -0.1) is 0 Å². The highest BCUT2D eigenvalue weighted by molar-refractivity contribution is 6.40. The summed E-state index contributed by atoms with van der Waals surface area (Å²) >= 11 is 14.1. The molecule has 3 atom stereocenters. The summed E-state index contributed by atoms with van der Waals surface area (Å²) in [7, 11) is 4.97. The molecule has 0 bridgehead atoms. The zero-order valence-electron chi connectivity index (χ0n) is 80.2. The quantitative estimate of drug-likeness (QED) is 0.0127. The monoisotopic (exact) mass is 1990 g/mol. The van der Waals surface area contributed by atoms with E-state index in [9.17, 15) is 62.3 Å². The molecule has 10 aromatic rings. The van der Waals surface area contributed by atoms with Crippen LogP contribution >= 0.6 is 23.2 Å². The van der Waals surface area contributed by atoms with Crippen molar-refractivity contribution < 1.29 is 81.6 Å². The number of primary amides is 3. The lowest BCUT2D eigenvalue weighted by atomic mass is 10.0. The number of nitrogens with one attached hydrogen (secondary N) is 11. The number of ether oxygens (including phenoxy) is 3. The van der Waals surface area contributed by atoms with Crippen LogP contribution in [0.25, 0.3) is 22.2 Å². The van der Waals surface area contributed by atoms with Crippen molar-refractivity contribution in [2.75, 3.05) is 97.6 Å². The van der Waals surface area contributed by atoms with E-state index in [-0.39, 0.29) is 140 Å². The summed E-state index contributed by atoms with van der Waals surface area (Å²) in [5.41, 5.74) is 26.2. The molecule has 46 heteroatoms. The number of hydrogen-bond acceptors (Lipinski definition) is 25. The van der Waals surface area contributed by atoms with E-state index in [0.717, 1.165) is 17.1 Å². The Morgan fingerprint density at radius 3 is 1.76 bits per heavy atom. The Morgan fingerprint density at radius 2 is 1.18 bits per heavy atom. The van der Waals surface area contributed by atoms with E-state index in [1.807, 2.05) is 19.9 Å². The number of urea groups is 1. The molecule has 1 unspecified atom stereocenters. The van der Waals surface area contributed by atoms with Gasteiger partial charge in [0.05, 0.1) is 69.1 Å². The van der Waals surface area contributed by atoms with Crippen molar-refractivity contribution in [1.29, 1.82) is 0 Å². The average molecular weight is 1990 g/mol. The zero-order valence-corrected chi connectivity index (χ0v) is 81.7. The van der Waals surface area contributed by atoms with Gasteiger partial charge in [0, 0.05) is 158 Å². The molecule has 0 aliphatic carbocycles. The molecule has 142 heavy (non-hydrogen) atoms. The fourth-order valence-electron chi connectivity index (χ4n) is 17.1. The molecule has 18 N–H and O–H groups in total. The second kappa shape index (κ2) is 47.5. The number of fused-ring (bicyclic) bond motifs is 4. The first-order chi connectivity index (χ1) is 68.0. The number of allylic oxidation sites excluding steroid dienone is 1. The molecule has 13 amide bonds. The number of rotatable bonds is 46. The smallest absolute Gasteiger partial charge is 0.407 e. The number of alkyl carbamates (subject to hydrolysis) is 1. The number of halogens is 2. The number of carbonyl (C=O) groups excluding carboxylic acids is 12. The molecule has 5 aromatic carbocycles. The molecule has 13 rings (SSSR count). The second-order valence-electron chi connectivity index (χ2n) is 34.7. The van der Waals surface area contributed by atoms with Crippen molar-refractivity contribution >= 4 is 146 Å². The molecular weight excluding hydrogens is 1870 g/mol. The van der Waals surface area contributed by atoms with Crippen LogP contribution in [-0.2, 0) is 95.0 Å². The molecule has 752 valence electrons. The summed E-state index contributed by atoms with van der Waals surface area (Å²) in [4.78, 5) is 192. The first-order valence-electron chi connectivity index (χ1n) is 46.6. The predicted octanol–water partition coefficient (Wildman–Crippen LogP) is 7.97. The summed E-state index contributed by atoms with van der Waals surface area (Å²) in [5.74, 6) is -5.80. The van der Waals surface area contributed by atoms with Gasteiger partial charge in [-0.2, -0.15) is 10.2 Å². The number of benzene rings is 5. The number of imidazole rings is 3. The standard InChI is InChI=1S/C96H117Cl2N27O17/c1-10-124-71(44-54(5)116-124)88(133)114-94-111-65-46-57(83(99)130)48-73(140-9)81(65)122(94)39-12-13-40-123-82-66(112-95(123)115-89(134)72-45-55(6)117-125(72)11-2)47-58(84(100)131)49-74(82)141-43-19-35-102-75(126)31-36-104-96(139)142-52-56-27-29-59(30-28-56)105-87(132)64(24-16-34-103-93(101)138)110-90(135)80(53(3)4)113-76(127)25-17-37-120-41-32-69-67(50-120)106-85(118(69)7)91(136)108-62-22-14-20-60(78(62)97)61-21-15-23-63(79(61)98)109-92(137)86-107-68-51-121(38-18-26-77(128)129)42-33-70(68)119(86)8/h12-15,20-23,27-30,44-49,53,64,80,95,112H,10-11,16-19,24-26,31-43,50-52H2,1-9H3,(H2,99,130)(H2,100,131)(H,102,126)(H,104,139)(H,105,132)(H,108,136)(H,109,137)(H,110,135)(H,113,127)(H,115,134)(H,128,129)(H3,101,103,138)(H,111,114,133)/b13-12+/t64-,80-,95?/m0/s1. The van der Waals surface area contributed by atoms with Crippen LogP contribution in [0, 0.1) is 19.8 Å². The number of amides is 13. The lowest BCUT2D eigenvalue weighted by molar-refractivity contribution is -0.137. The van der Waals surface area contributed by atoms with E-state index < -0.39 is 101 Å². The Hall–Kier alpha value is -15.4. The molecule has 0 saturated heterocycles. The SMILES string of the molecule is CCn1nc(C)cc1C(=O)Nc1nc2cc(C(N)=O)cc(OC)c2n1C/C=C/CN1c2c(cc(C(N)=O)cc2OCCCNC(=O)CCNC(=O)OCc2ccc(NC(=O)[C@H](CCCNC(N)=O)NC(=O)[C@@H](NC(=O)CCCN3CCc4c(nc(C(=O)Nc5cccc(-c6cccc(NC(=O)c7nc8c(n7C)CCN(CCCC(=O)O)C8)c6Cl)c5Cl)n4C)C3)C(C)C)cc2)NC1NC(=O)c1cc(C)nn1CC. The van der Waals surface area contributed by atoms with E-state index in [1.165, 1.54) is 25.3 Å². The lowest BCUT2D eigenvalue weighted by Crippen LogP contribution is -2.54. The Balaban J connectivity index is 0.550.